The molecule has 1 aliphatic carbocycles. The molecule has 3 heteroatoms. The maximum atomic E-state index is 12.1. The average Bonchev–Trinajstić information content (AvgIpc) is 2.35. The first-order chi connectivity index (χ1) is 8.08. The first kappa shape index (κ1) is 14.5. The molecule has 17 heavy (non-hydrogen) atoms. The third-order valence-corrected chi connectivity index (χ3v) is 4.18. The van der Waals surface area contributed by atoms with Crippen LogP contribution < -0.4 is 0 Å². The Balaban J connectivity index is 2.40. The molecule has 1 amide bonds. The topological polar surface area (TPSA) is 23.6 Å². The van der Waals surface area contributed by atoms with Crippen LogP contribution in [0.1, 0.15) is 46.5 Å². The van der Waals surface area contributed by atoms with Gasteiger partial charge in [0.2, 0.25) is 5.91 Å². The summed E-state index contributed by atoms with van der Waals surface area (Å²) >= 11 is 0. The van der Waals surface area contributed by atoms with Gasteiger partial charge in [0, 0.05) is 13.1 Å². The molecule has 0 aromatic carbocycles. The largest absolute Gasteiger partial charge is 0.342 e. The summed E-state index contributed by atoms with van der Waals surface area (Å²) in [5, 5.41) is 0. The van der Waals surface area contributed by atoms with Gasteiger partial charge in [-0.1, -0.05) is 20.8 Å². The van der Waals surface area contributed by atoms with E-state index in [4.69, 9.17) is 0 Å². The second-order valence-electron chi connectivity index (χ2n) is 5.38. The van der Waals surface area contributed by atoms with Crippen molar-refractivity contribution in [1.29, 1.82) is 0 Å². The van der Waals surface area contributed by atoms with Crippen LogP contribution in [-0.2, 0) is 4.79 Å². The molecule has 0 spiro atoms. The van der Waals surface area contributed by atoms with Crippen molar-refractivity contribution >= 4 is 5.91 Å². The minimum Gasteiger partial charge on any atom is -0.342 e. The summed E-state index contributed by atoms with van der Waals surface area (Å²) in [6, 6.07) is 0.481. The smallest absolute Gasteiger partial charge is 0.236 e. The zero-order valence-electron chi connectivity index (χ0n) is 11.9. The minimum atomic E-state index is 0.285. The van der Waals surface area contributed by atoms with Crippen molar-refractivity contribution in [2.75, 3.05) is 26.7 Å². The van der Waals surface area contributed by atoms with Crippen molar-refractivity contribution in [3.63, 3.8) is 0 Å². The molecule has 0 unspecified atom stereocenters. The fourth-order valence-electron chi connectivity index (χ4n) is 2.58. The van der Waals surface area contributed by atoms with Gasteiger partial charge < -0.3 is 4.90 Å². The minimum absolute atomic E-state index is 0.285. The van der Waals surface area contributed by atoms with E-state index in [-0.39, 0.29) is 5.91 Å². The van der Waals surface area contributed by atoms with Crippen LogP contribution in [0.2, 0.25) is 0 Å². The van der Waals surface area contributed by atoms with Gasteiger partial charge in [0.1, 0.15) is 0 Å². The Morgan fingerprint density at radius 3 is 2.12 bits per heavy atom. The number of rotatable bonds is 5. The lowest BCUT2D eigenvalue weighted by molar-refractivity contribution is -0.133. The van der Waals surface area contributed by atoms with Gasteiger partial charge in [-0.15, -0.1) is 0 Å². The molecule has 0 heterocycles. The van der Waals surface area contributed by atoms with E-state index in [9.17, 15) is 4.79 Å². The van der Waals surface area contributed by atoms with Crippen molar-refractivity contribution in [3.05, 3.63) is 0 Å². The van der Waals surface area contributed by atoms with Gasteiger partial charge in [-0.05, 0) is 44.7 Å². The van der Waals surface area contributed by atoms with Crippen LogP contribution in [0.3, 0.4) is 0 Å². The molecule has 0 radical (unpaired) electrons. The van der Waals surface area contributed by atoms with Crippen molar-refractivity contribution in [2.24, 2.45) is 5.92 Å². The summed E-state index contributed by atoms with van der Waals surface area (Å²) in [5.74, 6) is 1.13. The molecule has 1 fully saturated rings. The number of likely N-dealkylation sites (N-methyl/N-ethyl adjacent to an activating group) is 2. The highest BCUT2D eigenvalue weighted by Crippen LogP contribution is 2.26. The van der Waals surface area contributed by atoms with Gasteiger partial charge in [-0.25, -0.2) is 0 Å². The molecule has 0 aliphatic heterocycles. The zero-order chi connectivity index (χ0) is 12.8. The molecule has 0 N–H and O–H groups in total. The predicted molar refractivity (Wildman–Crippen MR) is 72.0 cm³/mol. The molecule has 100 valence electrons. The third kappa shape index (κ3) is 4.30. The third-order valence-electron chi connectivity index (χ3n) is 4.18. The van der Waals surface area contributed by atoms with E-state index < -0.39 is 0 Å². The molecular weight excluding hydrogens is 212 g/mol. The van der Waals surface area contributed by atoms with E-state index >= 15 is 0 Å². The van der Waals surface area contributed by atoms with Gasteiger partial charge in [0.05, 0.1) is 6.54 Å². The van der Waals surface area contributed by atoms with Crippen molar-refractivity contribution < 1.29 is 4.79 Å². The molecule has 3 nitrogen and oxygen atoms in total. The Morgan fingerprint density at radius 1 is 1.12 bits per heavy atom. The molecule has 0 aromatic rings. The summed E-state index contributed by atoms with van der Waals surface area (Å²) in [6.07, 6.45) is 4.91. The van der Waals surface area contributed by atoms with Gasteiger partial charge in [-0.3, -0.25) is 9.69 Å². The monoisotopic (exact) mass is 240 g/mol. The Hall–Kier alpha value is -0.570. The first-order valence-electron chi connectivity index (χ1n) is 7.06. The van der Waals surface area contributed by atoms with Gasteiger partial charge in [0.15, 0.2) is 0 Å². The first-order valence-corrected chi connectivity index (χ1v) is 7.06. The van der Waals surface area contributed by atoms with E-state index in [1.165, 1.54) is 25.7 Å². The number of nitrogens with zero attached hydrogens (tertiary/aromatic N) is 2. The van der Waals surface area contributed by atoms with Crippen LogP contribution in [0.4, 0.5) is 0 Å². The summed E-state index contributed by atoms with van der Waals surface area (Å²) in [7, 11) is 1.98. The highest BCUT2D eigenvalue weighted by Gasteiger charge is 2.25. The molecule has 0 atom stereocenters. The lowest BCUT2D eigenvalue weighted by atomic mass is 9.87. The highest BCUT2D eigenvalue weighted by molar-refractivity contribution is 5.78. The van der Waals surface area contributed by atoms with E-state index in [1.54, 1.807) is 0 Å². The maximum Gasteiger partial charge on any atom is 0.236 e. The van der Waals surface area contributed by atoms with Gasteiger partial charge in [-0.2, -0.15) is 0 Å². The number of carbonyl (C=O) groups is 1. The van der Waals surface area contributed by atoms with E-state index in [0.29, 0.717) is 12.6 Å². The number of hydrogen-bond acceptors (Lipinski definition) is 2. The molecule has 1 rings (SSSR count). The average molecular weight is 240 g/mol. The molecule has 0 bridgehead atoms. The van der Waals surface area contributed by atoms with Crippen molar-refractivity contribution in [1.82, 2.24) is 9.80 Å². The van der Waals surface area contributed by atoms with Crippen LogP contribution in [0.25, 0.3) is 0 Å². The van der Waals surface area contributed by atoms with E-state index in [0.717, 1.165) is 19.0 Å². The van der Waals surface area contributed by atoms with Crippen LogP contribution >= 0.6 is 0 Å². The molecule has 1 saturated carbocycles. The zero-order valence-corrected chi connectivity index (χ0v) is 11.9. The van der Waals surface area contributed by atoms with Crippen molar-refractivity contribution in [3.8, 4) is 0 Å². The highest BCUT2D eigenvalue weighted by atomic mass is 16.2. The van der Waals surface area contributed by atoms with Crippen LogP contribution in [-0.4, -0.2) is 48.4 Å². The Kier molecular flexibility index (Phi) is 5.96. The summed E-state index contributed by atoms with van der Waals surface area (Å²) in [6.45, 7) is 9.02. The van der Waals surface area contributed by atoms with E-state index in [2.05, 4.69) is 25.7 Å². The predicted octanol–water partition coefficient (Wildman–Crippen LogP) is 2.37. The summed E-state index contributed by atoms with van der Waals surface area (Å²) < 4.78 is 0. The maximum absolute atomic E-state index is 12.1. The summed E-state index contributed by atoms with van der Waals surface area (Å²) in [5.41, 5.74) is 0. The summed E-state index contributed by atoms with van der Waals surface area (Å²) in [4.78, 5) is 16.3. The Labute approximate surface area is 106 Å². The van der Waals surface area contributed by atoms with Gasteiger partial charge in [0.25, 0.3) is 0 Å². The van der Waals surface area contributed by atoms with E-state index in [1.807, 2.05) is 11.9 Å². The lowest BCUT2D eigenvalue weighted by Gasteiger charge is -2.34. The quantitative estimate of drug-likeness (QED) is 0.736. The normalized spacial score (nSPS) is 25.0. The molecule has 0 aromatic heterocycles. The second kappa shape index (κ2) is 7.00. The molecule has 1 aliphatic rings. The van der Waals surface area contributed by atoms with Gasteiger partial charge >= 0.3 is 0 Å². The molecule has 0 saturated heterocycles. The van der Waals surface area contributed by atoms with Crippen LogP contribution in [0, 0.1) is 5.92 Å². The standard InChI is InChI=1S/C14H28N2O/c1-5-16(6-2)11-14(17)15(4)13-9-7-12(3)8-10-13/h12-13H,5-11H2,1-4H3/t12-,13-. The fraction of sp³-hybridized carbons (Fsp3) is 0.929. The van der Waals surface area contributed by atoms with Crippen LogP contribution in [0.15, 0.2) is 0 Å². The second-order valence-corrected chi connectivity index (χ2v) is 5.38. The molecular formula is C14H28N2O. The van der Waals surface area contributed by atoms with Crippen molar-refractivity contribution in [2.45, 2.75) is 52.5 Å². The fourth-order valence-corrected chi connectivity index (χ4v) is 2.58. The Morgan fingerprint density at radius 2 is 1.65 bits per heavy atom. The SMILES string of the molecule is CCN(CC)CC(=O)N(C)[C@H]1CC[C@H](C)CC1. The lowest BCUT2D eigenvalue weighted by Crippen LogP contribution is -2.44. The number of amides is 1. The number of hydrogen-bond donors (Lipinski definition) is 0. The van der Waals surface area contributed by atoms with Crippen LogP contribution in [0.5, 0.6) is 0 Å². The Bertz CT molecular complexity index is 230. The number of carbonyl (C=O) groups excluding carboxylic acids is 1.